The molecular formula is C28H30N6O6. The lowest BCUT2D eigenvalue weighted by Gasteiger charge is -2.32. The summed E-state index contributed by atoms with van der Waals surface area (Å²) in [5.41, 5.74) is 0.556. The first kappa shape index (κ1) is 26.7. The number of anilines is 1. The summed E-state index contributed by atoms with van der Waals surface area (Å²) < 4.78 is 22.3. The van der Waals surface area contributed by atoms with E-state index in [9.17, 15) is 9.59 Å². The molecule has 4 aromatic rings. The summed E-state index contributed by atoms with van der Waals surface area (Å²) >= 11 is 0. The van der Waals surface area contributed by atoms with Crippen LogP contribution in [0.2, 0.25) is 0 Å². The van der Waals surface area contributed by atoms with E-state index < -0.39 is 23.4 Å². The summed E-state index contributed by atoms with van der Waals surface area (Å²) in [5.74, 6) is 1.45. The molecule has 40 heavy (non-hydrogen) atoms. The number of benzene rings is 2. The van der Waals surface area contributed by atoms with Crippen molar-refractivity contribution in [1.82, 2.24) is 25.5 Å². The number of carbonyl (C=O) groups excluding carboxylic acids is 2. The number of aromatic nitrogens is 4. The van der Waals surface area contributed by atoms with Crippen LogP contribution in [0.3, 0.4) is 0 Å². The molecule has 1 N–H and O–H groups in total. The van der Waals surface area contributed by atoms with Gasteiger partial charge in [0.1, 0.15) is 31.3 Å². The molecule has 0 aliphatic carbocycles. The summed E-state index contributed by atoms with van der Waals surface area (Å²) in [6.07, 6.45) is 1.46. The molecule has 0 radical (unpaired) electrons. The summed E-state index contributed by atoms with van der Waals surface area (Å²) in [5, 5.41) is 15.5. The fraction of sp³-hybridized carbons (Fsp3) is 0.321. The predicted molar refractivity (Wildman–Crippen MR) is 144 cm³/mol. The number of fused-ring (bicyclic) bond motifs is 1. The van der Waals surface area contributed by atoms with E-state index in [0.717, 1.165) is 0 Å². The Morgan fingerprint density at radius 3 is 2.50 bits per heavy atom. The topological polar surface area (TPSA) is 134 Å². The van der Waals surface area contributed by atoms with Crippen molar-refractivity contribution in [3.63, 3.8) is 0 Å². The lowest BCUT2D eigenvalue weighted by Crippen LogP contribution is -2.50. The quantitative estimate of drug-likeness (QED) is 0.353. The number of amides is 2. The number of furan rings is 1. The molecule has 2 aromatic heterocycles. The summed E-state index contributed by atoms with van der Waals surface area (Å²) in [7, 11) is 1.58. The molecule has 0 saturated carbocycles. The first-order valence-corrected chi connectivity index (χ1v) is 12.7. The van der Waals surface area contributed by atoms with Crippen molar-refractivity contribution in [2.45, 2.75) is 38.9 Å². The Labute approximate surface area is 230 Å². The maximum Gasteiger partial charge on any atom is 0.251 e. The van der Waals surface area contributed by atoms with Crippen molar-refractivity contribution in [2.24, 2.45) is 0 Å². The minimum Gasteiger partial charge on any atom is -0.497 e. The zero-order valence-electron chi connectivity index (χ0n) is 22.7. The third kappa shape index (κ3) is 5.90. The zero-order valence-corrected chi connectivity index (χ0v) is 22.7. The highest BCUT2D eigenvalue weighted by Crippen LogP contribution is 2.37. The number of ether oxygens (including phenoxy) is 3. The zero-order chi connectivity index (χ0) is 28.3. The van der Waals surface area contributed by atoms with Gasteiger partial charge in [-0.25, -0.2) is 0 Å². The molecular weight excluding hydrogens is 516 g/mol. The summed E-state index contributed by atoms with van der Waals surface area (Å²) in [6, 6.07) is 14.4. The molecule has 1 aliphatic heterocycles. The van der Waals surface area contributed by atoms with Gasteiger partial charge >= 0.3 is 0 Å². The Morgan fingerprint density at radius 1 is 1.07 bits per heavy atom. The average molecular weight is 547 g/mol. The van der Waals surface area contributed by atoms with Crippen molar-refractivity contribution in [1.29, 1.82) is 0 Å². The van der Waals surface area contributed by atoms with Crippen LogP contribution in [-0.2, 0) is 16.1 Å². The minimum atomic E-state index is -1.13. The van der Waals surface area contributed by atoms with E-state index in [4.69, 9.17) is 18.6 Å². The van der Waals surface area contributed by atoms with Crippen molar-refractivity contribution >= 4 is 17.5 Å². The smallest absolute Gasteiger partial charge is 0.251 e. The molecule has 0 bridgehead atoms. The number of nitrogens with one attached hydrogen (secondary N) is 1. The first-order valence-electron chi connectivity index (χ1n) is 12.7. The van der Waals surface area contributed by atoms with Gasteiger partial charge in [0.2, 0.25) is 5.82 Å². The number of nitrogens with zero attached hydrogens (tertiary/aromatic N) is 5. The number of hydrogen-bond donors (Lipinski definition) is 1. The number of carbonyl (C=O) groups is 2. The van der Waals surface area contributed by atoms with Crippen molar-refractivity contribution < 1.29 is 28.2 Å². The first-order chi connectivity index (χ1) is 19.2. The van der Waals surface area contributed by atoms with Gasteiger partial charge in [0, 0.05) is 22.9 Å². The second kappa shape index (κ2) is 11.1. The molecule has 208 valence electrons. The van der Waals surface area contributed by atoms with Gasteiger partial charge in [0.05, 0.1) is 13.4 Å². The van der Waals surface area contributed by atoms with E-state index in [-0.39, 0.29) is 12.3 Å². The fourth-order valence-electron chi connectivity index (χ4n) is 4.24. The van der Waals surface area contributed by atoms with E-state index >= 15 is 0 Å². The summed E-state index contributed by atoms with van der Waals surface area (Å²) in [6.45, 7) is 6.08. The monoisotopic (exact) mass is 546 g/mol. The second-order valence-electron chi connectivity index (χ2n) is 10.1. The fourth-order valence-corrected chi connectivity index (χ4v) is 4.24. The van der Waals surface area contributed by atoms with Crippen LogP contribution in [0.25, 0.3) is 11.4 Å². The van der Waals surface area contributed by atoms with Gasteiger partial charge in [-0.1, -0.05) is 0 Å². The third-order valence-electron chi connectivity index (χ3n) is 5.97. The van der Waals surface area contributed by atoms with Crippen LogP contribution in [0.5, 0.6) is 17.2 Å². The van der Waals surface area contributed by atoms with E-state index in [1.165, 1.54) is 16.0 Å². The van der Waals surface area contributed by atoms with Crippen LogP contribution in [0.1, 0.15) is 32.6 Å². The standard InChI is InChI=1S/C28H30N6O6/c1-28(2,3)29-27(36)25(22-6-5-13-38-22)34(19-9-12-21-23(16-19)40-15-14-39-21)24(35)17-33-31-26(30-32-33)18-7-10-20(37-4)11-8-18/h5-13,16,25H,14-15,17H2,1-4H3,(H,29,36). The molecule has 5 rings (SSSR count). The van der Waals surface area contributed by atoms with Crippen LogP contribution < -0.4 is 24.4 Å². The highest BCUT2D eigenvalue weighted by Gasteiger charge is 2.37. The van der Waals surface area contributed by atoms with Crippen molar-refractivity contribution in [2.75, 3.05) is 25.2 Å². The molecule has 0 fully saturated rings. The Balaban J connectivity index is 1.51. The minimum absolute atomic E-state index is 0.287. The molecule has 0 spiro atoms. The largest absolute Gasteiger partial charge is 0.497 e. The van der Waals surface area contributed by atoms with E-state index in [1.54, 1.807) is 61.7 Å². The highest BCUT2D eigenvalue weighted by atomic mass is 16.6. The van der Waals surface area contributed by atoms with Gasteiger partial charge < -0.3 is 23.9 Å². The highest BCUT2D eigenvalue weighted by molar-refractivity contribution is 6.01. The number of tetrazole rings is 1. The SMILES string of the molecule is COc1ccc(-c2nnn(CC(=O)N(c3ccc4c(c3)OCCO4)C(C(=O)NC(C)(C)C)c3ccco3)n2)cc1. The van der Waals surface area contributed by atoms with Crippen LogP contribution in [0.15, 0.2) is 65.3 Å². The van der Waals surface area contributed by atoms with Gasteiger partial charge in [-0.3, -0.25) is 14.5 Å². The molecule has 2 amide bonds. The van der Waals surface area contributed by atoms with Gasteiger partial charge in [-0.2, -0.15) is 4.80 Å². The average Bonchev–Trinajstić information content (AvgIpc) is 3.63. The molecule has 1 unspecified atom stereocenters. The number of methoxy groups -OCH3 is 1. The molecule has 1 atom stereocenters. The van der Waals surface area contributed by atoms with Crippen molar-refractivity contribution in [3.8, 4) is 28.6 Å². The molecule has 12 nitrogen and oxygen atoms in total. The Kier molecular flexibility index (Phi) is 7.41. The maximum absolute atomic E-state index is 14.0. The Bertz CT molecular complexity index is 1480. The lowest BCUT2D eigenvalue weighted by atomic mass is 10.1. The van der Waals surface area contributed by atoms with E-state index in [2.05, 4.69) is 20.7 Å². The van der Waals surface area contributed by atoms with E-state index in [1.807, 2.05) is 20.8 Å². The summed E-state index contributed by atoms with van der Waals surface area (Å²) in [4.78, 5) is 30.2. The molecule has 0 saturated heterocycles. The van der Waals surface area contributed by atoms with Gasteiger partial charge in [0.25, 0.3) is 11.8 Å². The van der Waals surface area contributed by atoms with Crippen molar-refractivity contribution in [3.05, 3.63) is 66.6 Å². The van der Waals surface area contributed by atoms with Gasteiger partial charge in [0.15, 0.2) is 17.5 Å². The molecule has 3 heterocycles. The van der Waals surface area contributed by atoms with Crippen LogP contribution in [0, 0.1) is 0 Å². The third-order valence-corrected chi connectivity index (χ3v) is 5.97. The van der Waals surface area contributed by atoms with E-state index in [0.29, 0.717) is 47.5 Å². The van der Waals surface area contributed by atoms with Crippen LogP contribution in [-0.4, -0.2) is 57.9 Å². The Morgan fingerprint density at radius 2 is 1.82 bits per heavy atom. The number of hydrogen-bond acceptors (Lipinski definition) is 9. The molecule has 1 aliphatic rings. The van der Waals surface area contributed by atoms with Crippen LogP contribution in [0.4, 0.5) is 5.69 Å². The maximum atomic E-state index is 14.0. The van der Waals surface area contributed by atoms with Gasteiger partial charge in [-0.05, 0) is 74.5 Å². The number of rotatable bonds is 8. The lowest BCUT2D eigenvalue weighted by molar-refractivity contribution is -0.128. The Hall–Kier alpha value is -4.87. The predicted octanol–water partition coefficient (Wildman–Crippen LogP) is 3.40. The normalized spacial score (nSPS) is 13.4. The van der Waals surface area contributed by atoms with Gasteiger partial charge in [-0.15, -0.1) is 10.2 Å². The molecule has 2 aromatic carbocycles. The second-order valence-corrected chi connectivity index (χ2v) is 10.1. The van der Waals surface area contributed by atoms with Crippen LogP contribution >= 0.6 is 0 Å². The molecule has 12 heteroatoms.